The molecule has 118 valence electrons. The van der Waals surface area contributed by atoms with Crippen LogP contribution in [0.25, 0.3) is 0 Å². The minimum absolute atomic E-state index is 0.0712. The Hall–Kier alpha value is -1.64. The van der Waals surface area contributed by atoms with Crippen molar-refractivity contribution in [1.82, 2.24) is 4.72 Å². The zero-order valence-corrected chi connectivity index (χ0v) is 12.9. The van der Waals surface area contributed by atoms with E-state index in [1.54, 1.807) is 0 Å². The smallest absolute Gasteiger partial charge is 0.337 e. The third-order valence-electron chi connectivity index (χ3n) is 2.70. The van der Waals surface area contributed by atoms with Crippen molar-refractivity contribution in [2.75, 3.05) is 32.1 Å². The first-order chi connectivity index (χ1) is 9.92. The van der Waals surface area contributed by atoms with Crippen molar-refractivity contribution in [3.63, 3.8) is 0 Å². The average Bonchev–Trinajstić information content (AvgIpc) is 2.44. The van der Waals surface area contributed by atoms with Gasteiger partial charge in [0.1, 0.15) is 0 Å². The third-order valence-corrected chi connectivity index (χ3v) is 4.15. The largest absolute Gasteiger partial charge is 0.478 e. The lowest BCUT2D eigenvalue weighted by molar-refractivity contribution is 0.0697. The van der Waals surface area contributed by atoms with Gasteiger partial charge in [0, 0.05) is 25.9 Å². The highest BCUT2D eigenvalue weighted by molar-refractivity contribution is 7.89. The number of ether oxygens (including phenoxy) is 1. The standard InChI is InChI=1S/C13H20N2O5S/c1-3-6-14-12-5-4-10(9-11(12)13(16)17)21(18,19)15-7-8-20-2/h4-5,9,14-15H,3,6-8H2,1-2H3,(H,16,17). The van der Waals surface area contributed by atoms with Crippen molar-refractivity contribution in [2.24, 2.45) is 0 Å². The molecule has 0 unspecified atom stereocenters. The lowest BCUT2D eigenvalue weighted by atomic mass is 10.2. The van der Waals surface area contributed by atoms with Crippen LogP contribution in [-0.4, -0.2) is 46.3 Å². The fraction of sp³-hybridized carbons (Fsp3) is 0.462. The summed E-state index contributed by atoms with van der Waals surface area (Å²) in [7, 11) is -2.28. The quantitative estimate of drug-likeness (QED) is 0.590. The van der Waals surface area contributed by atoms with Gasteiger partial charge in [-0.2, -0.15) is 0 Å². The molecule has 3 N–H and O–H groups in total. The normalized spacial score (nSPS) is 11.3. The number of hydrogen-bond donors (Lipinski definition) is 3. The van der Waals surface area contributed by atoms with Gasteiger partial charge in [-0.1, -0.05) is 6.92 Å². The topological polar surface area (TPSA) is 105 Å². The highest BCUT2D eigenvalue weighted by Crippen LogP contribution is 2.20. The van der Waals surface area contributed by atoms with Crippen molar-refractivity contribution < 1.29 is 23.1 Å². The molecule has 0 bridgehead atoms. The second-order valence-corrected chi connectivity index (χ2v) is 6.10. The Bertz CT molecular complexity index is 586. The van der Waals surface area contributed by atoms with Crippen molar-refractivity contribution in [3.8, 4) is 0 Å². The van der Waals surface area contributed by atoms with Gasteiger partial charge >= 0.3 is 5.97 Å². The van der Waals surface area contributed by atoms with Gasteiger partial charge in [0.2, 0.25) is 10.0 Å². The molecule has 0 atom stereocenters. The minimum atomic E-state index is -3.75. The van der Waals surface area contributed by atoms with E-state index in [-0.39, 0.29) is 23.6 Å². The Morgan fingerprint density at radius 1 is 1.33 bits per heavy atom. The van der Waals surface area contributed by atoms with E-state index in [0.717, 1.165) is 12.5 Å². The fourth-order valence-corrected chi connectivity index (χ4v) is 2.68. The first-order valence-corrected chi connectivity index (χ1v) is 8.00. The SMILES string of the molecule is CCCNc1ccc(S(=O)(=O)NCCOC)cc1C(=O)O. The number of anilines is 1. The monoisotopic (exact) mass is 316 g/mol. The lowest BCUT2D eigenvalue weighted by Gasteiger charge is -2.11. The zero-order valence-electron chi connectivity index (χ0n) is 12.0. The summed E-state index contributed by atoms with van der Waals surface area (Å²) in [6, 6.07) is 3.99. The first-order valence-electron chi connectivity index (χ1n) is 6.52. The van der Waals surface area contributed by atoms with E-state index < -0.39 is 16.0 Å². The highest BCUT2D eigenvalue weighted by atomic mass is 32.2. The molecule has 0 aliphatic carbocycles. The van der Waals surface area contributed by atoms with E-state index in [0.29, 0.717) is 12.2 Å². The van der Waals surface area contributed by atoms with E-state index >= 15 is 0 Å². The van der Waals surface area contributed by atoms with Crippen LogP contribution in [0, 0.1) is 0 Å². The average molecular weight is 316 g/mol. The van der Waals surface area contributed by atoms with Gasteiger partial charge in [0.25, 0.3) is 0 Å². The molecule has 0 saturated heterocycles. The number of nitrogens with one attached hydrogen (secondary N) is 2. The van der Waals surface area contributed by atoms with Crippen LogP contribution in [0.2, 0.25) is 0 Å². The van der Waals surface area contributed by atoms with Gasteiger partial charge in [-0.05, 0) is 24.6 Å². The minimum Gasteiger partial charge on any atom is -0.478 e. The Labute approximate surface area is 124 Å². The molecule has 1 aromatic rings. The van der Waals surface area contributed by atoms with Crippen LogP contribution in [0.3, 0.4) is 0 Å². The Kier molecular flexibility index (Phi) is 6.60. The van der Waals surface area contributed by atoms with Crippen LogP contribution in [0.5, 0.6) is 0 Å². The van der Waals surface area contributed by atoms with E-state index in [1.807, 2.05) is 6.92 Å². The number of aromatic carboxylic acids is 1. The number of methoxy groups -OCH3 is 1. The number of benzene rings is 1. The second kappa shape index (κ2) is 7.96. The van der Waals surface area contributed by atoms with Gasteiger partial charge in [-0.15, -0.1) is 0 Å². The number of carbonyl (C=O) groups is 1. The van der Waals surface area contributed by atoms with E-state index in [4.69, 9.17) is 4.74 Å². The fourth-order valence-electron chi connectivity index (χ4n) is 1.64. The molecular weight excluding hydrogens is 296 g/mol. The van der Waals surface area contributed by atoms with Crippen molar-refractivity contribution in [2.45, 2.75) is 18.2 Å². The summed E-state index contributed by atoms with van der Waals surface area (Å²) in [4.78, 5) is 11.2. The maximum absolute atomic E-state index is 12.0. The molecule has 0 aliphatic rings. The molecule has 0 aromatic heterocycles. The van der Waals surface area contributed by atoms with Gasteiger partial charge in [0.05, 0.1) is 17.1 Å². The number of rotatable bonds is 9. The van der Waals surface area contributed by atoms with Gasteiger partial charge < -0.3 is 15.2 Å². The molecule has 0 heterocycles. The molecule has 8 heteroatoms. The van der Waals surface area contributed by atoms with Crippen LogP contribution >= 0.6 is 0 Å². The predicted octanol–water partition coefficient (Wildman–Crippen LogP) is 1.13. The Morgan fingerprint density at radius 2 is 2.05 bits per heavy atom. The Morgan fingerprint density at radius 3 is 2.62 bits per heavy atom. The summed E-state index contributed by atoms with van der Waals surface area (Å²) < 4.78 is 31.2. The summed E-state index contributed by atoms with van der Waals surface area (Å²) >= 11 is 0. The summed E-state index contributed by atoms with van der Waals surface area (Å²) in [6.07, 6.45) is 0.831. The van der Waals surface area contributed by atoms with Gasteiger partial charge in [-0.25, -0.2) is 17.9 Å². The molecule has 21 heavy (non-hydrogen) atoms. The molecule has 0 spiro atoms. The molecule has 7 nitrogen and oxygen atoms in total. The molecule has 0 aliphatic heterocycles. The van der Waals surface area contributed by atoms with E-state index in [2.05, 4.69) is 10.0 Å². The van der Waals surface area contributed by atoms with Crippen molar-refractivity contribution >= 4 is 21.7 Å². The van der Waals surface area contributed by atoms with Crippen LogP contribution < -0.4 is 10.0 Å². The maximum Gasteiger partial charge on any atom is 0.337 e. The summed E-state index contributed by atoms with van der Waals surface area (Å²) in [5, 5.41) is 12.2. The molecular formula is C13H20N2O5S. The number of hydrogen-bond acceptors (Lipinski definition) is 5. The second-order valence-electron chi connectivity index (χ2n) is 4.33. The van der Waals surface area contributed by atoms with Crippen LogP contribution in [0.4, 0.5) is 5.69 Å². The van der Waals surface area contributed by atoms with Crippen molar-refractivity contribution in [3.05, 3.63) is 23.8 Å². The number of carboxylic acids is 1. The van der Waals surface area contributed by atoms with E-state index in [1.165, 1.54) is 19.2 Å². The van der Waals surface area contributed by atoms with Crippen molar-refractivity contribution in [1.29, 1.82) is 0 Å². The van der Waals surface area contributed by atoms with Crippen LogP contribution in [0.1, 0.15) is 23.7 Å². The van der Waals surface area contributed by atoms with Gasteiger partial charge in [-0.3, -0.25) is 0 Å². The Balaban J connectivity index is 3.04. The molecule has 1 aromatic carbocycles. The summed E-state index contributed by atoms with van der Waals surface area (Å²) in [5.74, 6) is -1.18. The summed E-state index contributed by atoms with van der Waals surface area (Å²) in [5.41, 5.74) is 0.332. The third kappa shape index (κ3) is 5.00. The van der Waals surface area contributed by atoms with Gasteiger partial charge in [0.15, 0.2) is 0 Å². The molecule has 0 radical (unpaired) electrons. The number of sulfonamides is 1. The molecule has 0 saturated carbocycles. The predicted molar refractivity (Wildman–Crippen MR) is 79.2 cm³/mol. The highest BCUT2D eigenvalue weighted by Gasteiger charge is 2.18. The van der Waals surface area contributed by atoms with E-state index in [9.17, 15) is 18.3 Å². The zero-order chi connectivity index (χ0) is 15.9. The molecule has 0 fully saturated rings. The lowest BCUT2D eigenvalue weighted by Crippen LogP contribution is -2.27. The maximum atomic E-state index is 12.0. The molecule has 1 rings (SSSR count). The first kappa shape index (κ1) is 17.4. The molecule has 0 amide bonds. The van der Waals surface area contributed by atoms with Crippen LogP contribution in [0.15, 0.2) is 23.1 Å². The van der Waals surface area contributed by atoms with Crippen LogP contribution in [-0.2, 0) is 14.8 Å². The summed E-state index contributed by atoms with van der Waals surface area (Å²) in [6.45, 7) is 2.92. The number of carboxylic acid groups (broad SMARTS) is 1.